The fraction of sp³-hybridized carbons (Fsp3) is 1.00. The van der Waals surface area contributed by atoms with E-state index in [1.807, 2.05) is 0 Å². The standard InChI is InChI=1S/C25H53NO4.ClH/c27-23-21-26(22-24-28)20-18-16-14-12-10-8-6-4-2-1-3-5-7-9-11-13-15-17-19-25(29)30;/h25,27-30H,1-24H2;1H. The second kappa shape index (κ2) is 28.1. The molecule has 0 aromatic carbocycles. The van der Waals surface area contributed by atoms with E-state index in [1.54, 1.807) is 0 Å². The first-order valence-electron chi connectivity index (χ1n) is 13.1. The van der Waals surface area contributed by atoms with E-state index < -0.39 is 6.29 Å². The largest absolute Gasteiger partial charge is 1.00 e. The van der Waals surface area contributed by atoms with E-state index in [2.05, 4.69) is 0 Å². The average molecular weight is 468 g/mol. The van der Waals surface area contributed by atoms with Crippen LogP contribution in [0.4, 0.5) is 0 Å². The molecule has 0 unspecified atom stereocenters. The summed E-state index contributed by atoms with van der Waals surface area (Å²) in [4.78, 5) is 1.33. The van der Waals surface area contributed by atoms with Gasteiger partial charge in [0.1, 0.15) is 13.1 Å². The predicted octanol–water partition coefficient (Wildman–Crippen LogP) is 0.583. The average Bonchev–Trinajstić information content (AvgIpc) is 2.72. The molecule has 0 spiro atoms. The lowest BCUT2D eigenvalue weighted by atomic mass is 10.0. The summed E-state index contributed by atoms with van der Waals surface area (Å²) < 4.78 is 0. The van der Waals surface area contributed by atoms with Crippen LogP contribution in [0.1, 0.15) is 122 Å². The highest BCUT2D eigenvalue weighted by Gasteiger charge is 2.05. The first kappa shape index (κ1) is 33.3. The van der Waals surface area contributed by atoms with Crippen molar-refractivity contribution in [3.63, 3.8) is 0 Å². The van der Waals surface area contributed by atoms with Crippen molar-refractivity contribution in [3.8, 4) is 0 Å². The molecule has 0 aromatic heterocycles. The number of hydrogen-bond donors (Lipinski definition) is 5. The number of halogens is 1. The van der Waals surface area contributed by atoms with Gasteiger partial charge in [-0.05, 0) is 25.7 Å². The maximum absolute atomic E-state index is 9.02. The number of aliphatic hydroxyl groups excluding tert-OH is 3. The van der Waals surface area contributed by atoms with Crippen LogP contribution in [0.15, 0.2) is 0 Å². The normalized spacial score (nSPS) is 11.4. The summed E-state index contributed by atoms with van der Waals surface area (Å²) in [6.45, 7) is 3.04. The number of aliphatic hydroxyl groups is 4. The molecule has 0 aliphatic heterocycles. The van der Waals surface area contributed by atoms with Crippen LogP contribution in [0.25, 0.3) is 0 Å². The first-order chi connectivity index (χ1) is 14.7. The molecule has 5 N–H and O–H groups in total. The van der Waals surface area contributed by atoms with Crippen molar-refractivity contribution in [3.05, 3.63) is 0 Å². The molecule has 0 aliphatic carbocycles. The van der Waals surface area contributed by atoms with E-state index in [0.29, 0.717) is 6.42 Å². The first-order valence-corrected chi connectivity index (χ1v) is 13.1. The molecule has 5 nitrogen and oxygen atoms in total. The number of quaternary nitrogens is 1. The van der Waals surface area contributed by atoms with Gasteiger partial charge in [0.15, 0.2) is 6.29 Å². The van der Waals surface area contributed by atoms with E-state index in [4.69, 9.17) is 20.4 Å². The van der Waals surface area contributed by atoms with Gasteiger partial charge in [0.25, 0.3) is 0 Å². The van der Waals surface area contributed by atoms with Crippen molar-refractivity contribution in [2.75, 3.05) is 32.8 Å². The summed E-state index contributed by atoms with van der Waals surface area (Å²) in [7, 11) is 0. The Balaban J connectivity index is 0. The zero-order valence-electron chi connectivity index (χ0n) is 20.2. The molecule has 0 saturated heterocycles. The molecule has 0 aromatic rings. The van der Waals surface area contributed by atoms with Crippen LogP contribution >= 0.6 is 0 Å². The highest BCUT2D eigenvalue weighted by Crippen LogP contribution is 2.14. The van der Waals surface area contributed by atoms with Gasteiger partial charge in [0.2, 0.25) is 0 Å². The van der Waals surface area contributed by atoms with Crippen molar-refractivity contribution in [1.82, 2.24) is 0 Å². The predicted molar refractivity (Wildman–Crippen MR) is 126 cm³/mol. The van der Waals surface area contributed by atoms with Gasteiger partial charge in [0.05, 0.1) is 19.8 Å². The Labute approximate surface area is 199 Å². The van der Waals surface area contributed by atoms with Gasteiger partial charge in [-0.2, -0.15) is 0 Å². The Kier molecular flexibility index (Phi) is 30.2. The van der Waals surface area contributed by atoms with Gasteiger partial charge >= 0.3 is 0 Å². The summed E-state index contributed by atoms with van der Waals surface area (Å²) in [5.74, 6) is 0. The third-order valence-electron chi connectivity index (χ3n) is 6.17. The van der Waals surface area contributed by atoms with Gasteiger partial charge in [-0.1, -0.05) is 96.3 Å². The van der Waals surface area contributed by atoms with Crippen molar-refractivity contribution >= 4 is 0 Å². The van der Waals surface area contributed by atoms with Gasteiger partial charge < -0.3 is 37.7 Å². The van der Waals surface area contributed by atoms with Crippen LogP contribution in [-0.2, 0) is 0 Å². The maximum Gasteiger partial charge on any atom is 0.151 e. The summed E-state index contributed by atoms with van der Waals surface area (Å²) in [6.07, 6.45) is 23.0. The van der Waals surface area contributed by atoms with E-state index >= 15 is 0 Å². The zero-order valence-corrected chi connectivity index (χ0v) is 21.0. The van der Waals surface area contributed by atoms with Crippen molar-refractivity contribution < 1.29 is 37.7 Å². The summed E-state index contributed by atoms with van der Waals surface area (Å²) in [6, 6.07) is 0. The molecular formula is C25H54ClNO4. The highest BCUT2D eigenvalue weighted by atomic mass is 35.5. The van der Waals surface area contributed by atoms with Gasteiger partial charge in [-0.3, -0.25) is 0 Å². The fourth-order valence-corrected chi connectivity index (χ4v) is 4.22. The molecule has 0 bridgehead atoms. The van der Waals surface area contributed by atoms with Crippen LogP contribution in [-0.4, -0.2) is 59.6 Å². The summed E-state index contributed by atoms with van der Waals surface area (Å²) in [5, 5.41) is 35.6. The van der Waals surface area contributed by atoms with Crippen molar-refractivity contribution in [1.29, 1.82) is 0 Å². The zero-order chi connectivity index (χ0) is 22.1. The minimum atomic E-state index is -1.12. The molecule has 0 radical (unpaired) electrons. The molecule has 0 saturated carbocycles. The smallest absolute Gasteiger partial charge is 0.151 e. The lowest BCUT2D eigenvalue weighted by molar-refractivity contribution is -0.901. The number of hydrogen-bond acceptors (Lipinski definition) is 4. The molecule has 0 aliphatic rings. The molecule has 0 amide bonds. The third-order valence-corrected chi connectivity index (χ3v) is 6.17. The molecule has 0 fully saturated rings. The van der Waals surface area contributed by atoms with Crippen molar-refractivity contribution in [2.45, 2.75) is 128 Å². The quantitative estimate of drug-likeness (QED) is 0.100. The van der Waals surface area contributed by atoms with E-state index in [9.17, 15) is 0 Å². The fourth-order valence-electron chi connectivity index (χ4n) is 4.22. The minimum Gasteiger partial charge on any atom is -1.00 e. The Bertz CT molecular complexity index is 316. The maximum atomic E-state index is 9.02. The molecular weight excluding hydrogens is 414 g/mol. The summed E-state index contributed by atoms with van der Waals surface area (Å²) >= 11 is 0. The lowest BCUT2D eigenvalue weighted by Gasteiger charge is -2.17. The molecule has 6 heteroatoms. The SMILES string of the molecule is OCC[NH+](CCO)CCCCCCCCCCCCCCCCCCCCC(O)O.[Cl-]. The summed E-state index contributed by atoms with van der Waals surface area (Å²) in [5.41, 5.74) is 0. The lowest BCUT2D eigenvalue weighted by Crippen LogP contribution is -3.13. The number of unbranched alkanes of at least 4 members (excludes halogenated alkanes) is 17. The Morgan fingerprint density at radius 3 is 1.00 bits per heavy atom. The molecule has 0 heterocycles. The molecule has 190 valence electrons. The Morgan fingerprint density at radius 1 is 0.419 bits per heavy atom. The van der Waals surface area contributed by atoms with Crippen LogP contribution in [0.2, 0.25) is 0 Å². The highest BCUT2D eigenvalue weighted by molar-refractivity contribution is 4.51. The number of rotatable bonds is 25. The van der Waals surface area contributed by atoms with Gasteiger partial charge in [-0.25, -0.2) is 0 Å². The van der Waals surface area contributed by atoms with Crippen molar-refractivity contribution in [2.24, 2.45) is 0 Å². The van der Waals surface area contributed by atoms with Crippen LogP contribution < -0.4 is 17.3 Å². The Hall–Kier alpha value is 0.0900. The second-order valence-electron chi connectivity index (χ2n) is 9.08. The van der Waals surface area contributed by atoms with Gasteiger partial charge in [0, 0.05) is 0 Å². The van der Waals surface area contributed by atoms with E-state index in [-0.39, 0.29) is 25.6 Å². The van der Waals surface area contributed by atoms with E-state index in [0.717, 1.165) is 32.5 Å². The van der Waals surface area contributed by atoms with Crippen LogP contribution in [0, 0.1) is 0 Å². The molecule has 0 rings (SSSR count). The van der Waals surface area contributed by atoms with Crippen LogP contribution in [0.5, 0.6) is 0 Å². The molecule has 31 heavy (non-hydrogen) atoms. The van der Waals surface area contributed by atoms with Crippen LogP contribution in [0.3, 0.4) is 0 Å². The topological polar surface area (TPSA) is 85.4 Å². The second-order valence-corrected chi connectivity index (χ2v) is 9.08. The van der Waals surface area contributed by atoms with Gasteiger partial charge in [-0.15, -0.1) is 0 Å². The Morgan fingerprint density at radius 2 is 0.710 bits per heavy atom. The monoisotopic (exact) mass is 467 g/mol. The van der Waals surface area contributed by atoms with E-state index in [1.165, 1.54) is 108 Å². The molecule has 0 atom stereocenters. The third kappa shape index (κ3) is 28.1. The number of nitrogens with one attached hydrogen (secondary N) is 1. The minimum absolute atomic E-state index is 0.